The Kier molecular flexibility index (Phi) is 8.31. The van der Waals surface area contributed by atoms with Crippen LogP contribution in [-0.2, 0) is 16.1 Å². The molecule has 2 amide bonds. The van der Waals surface area contributed by atoms with Crippen molar-refractivity contribution in [2.24, 2.45) is 0 Å². The highest BCUT2D eigenvalue weighted by Crippen LogP contribution is 2.04. The monoisotopic (exact) mass is 371 g/mol. The second-order valence-electron chi connectivity index (χ2n) is 6.03. The van der Waals surface area contributed by atoms with Gasteiger partial charge in [-0.05, 0) is 25.5 Å². The summed E-state index contributed by atoms with van der Waals surface area (Å²) in [5.74, 6) is -0.378. The minimum absolute atomic E-state index is 0.139. The number of carbonyl (C=O) groups is 2. The summed E-state index contributed by atoms with van der Waals surface area (Å²) in [7, 11) is 1.61. The number of hydrogen-bond donors (Lipinski definition) is 1. The predicted molar refractivity (Wildman–Crippen MR) is 99.9 cm³/mol. The lowest BCUT2D eigenvalue weighted by atomic mass is 10.2. The SMILES string of the molecule is COCCCN(CCC(=O)NCc1ccccn1)C(=O)c1cnc(C)cn1. The zero-order chi connectivity index (χ0) is 19.5. The van der Waals surface area contributed by atoms with Crippen molar-refractivity contribution in [3.8, 4) is 0 Å². The molecule has 8 nitrogen and oxygen atoms in total. The molecule has 27 heavy (non-hydrogen) atoms. The molecule has 2 rings (SSSR count). The minimum atomic E-state index is -0.240. The summed E-state index contributed by atoms with van der Waals surface area (Å²) in [6.45, 7) is 3.49. The number of methoxy groups -OCH3 is 1. The Hall–Kier alpha value is -2.87. The first-order valence-electron chi connectivity index (χ1n) is 8.83. The zero-order valence-corrected chi connectivity index (χ0v) is 15.7. The lowest BCUT2D eigenvalue weighted by molar-refractivity contribution is -0.121. The molecule has 2 aromatic rings. The maximum absolute atomic E-state index is 12.7. The first-order chi connectivity index (χ1) is 13.1. The Balaban J connectivity index is 1.89. The highest BCUT2D eigenvalue weighted by atomic mass is 16.5. The van der Waals surface area contributed by atoms with E-state index in [1.807, 2.05) is 25.1 Å². The Morgan fingerprint density at radius 2 is 2.00 bits per heavy atom. The third-order valence-corrected chi connectivity index (χ3v) is 3.87. The number of nitrogens with one attached hydrogen (secondary N) is 1. The molecular formula is C19H25N5O3. The van der Waals surface area contributed by atoms with Gasteiger partial charge in [0.05, 0.1) is 24.1 Å². The van der Waals surface area contributed by atoms with Gasteiger partial charge in [-0.2, -0.15) is 0 Å². The van der Waals surface area contributed by atoms with Crippen LogP contribution in [0.2, 0.25) is 0 Å². The van der Waals surface area contributed by atoms with Gasteiger partial charge < -0.3 is 15.0 Å². The first kappa shape index (κ1) is 20.4. The third-order valence-electron chi connectivity index (χ3n) is 3.87. The van der Waals surface area contributed by atoms with Crippen LogP contribution in [0.4, 0.5) is 0 Å². The molecule has 1 N–H and O–H groups in total. The fourth-order valence-corrected chi connectivity index (χ4v) is 2.40. The van der Waals surface area contributed by atoms with Gasteiger partial charge in [-0.3, -0.25) is 19.6 Å². The van der Waals surface area contributed by atoms with Crippen LogP contribution in [0.1, 0.15) is 34.7 Å². The average Bonchev–Trinajstić information content (AvgIpc) is 2.70. The van der Waals surface area contributed by atoms with Crippen LogP contribution in [0.3, 0.4) is 0 Å². The second kappa shape index (κ2) is 11.0. The Bertz CT molecular complexity index is 722. The predicted octanol–water partition coefficient (Wildman–Crippen LogP) is 1.37. The van der Waals surface area contributed by atoms with Crippen molar-refractivity contribution in [3.05, 3.63) is 53.9 Å². The van der Waals surface area contributed by atoms with Gasteiger partial charge in [0.2, 0.25) is 5.91 Å². The fourth-order valence-electron chi connectivity index (χ4n) is 2.40. The first-order valence-corrected chi connectivity index (χ1v) is 8.83. The van der Waals surface area contributed by atoms with E-state index in [0.29, 0.717) is 32.7 Å². The Labute approximate surface area is 159 Å². The molecule has 0 saturated heterocycles. The van der Waals surface area contributed by atoms with E-state index in [1.165, 1.54) is 6.20 Å². The number of pyridine rings is 1. The van der Waals surface area contributed by atoms with Gasteiger partial charge in [-0.25, -0.2) is 4.98 Å². The van der Waals surface area contributed by atoms with E-state index >= 15 is 0 Å². The topological polar surface area (TPSA) is 97.3 Å². The number of nitrogens with zero attached hydrogens (tertiary/aromatic N) is 4. The molecule has 2 heterocycles. The summed E-state index contributed by atoms with van der Waals surface area (Å²) in [6, 6.07) is 5.53. The third kappa shape index (κ3) is 7.10. The van der Waals surface area contributed by atoms with Crippen molar-refractivity contribution in [1.29, 1.82) is 0 Å². The van der Waals surface area contributed by atoms with Crippen LogP contribution in [0.15, 0.2) is 36.8 Å². The van der Waals surface area contributed by atoms with Gasteiger partial charge in [-0.1, -0.05) is 6.07 Å². The standard InChI is InChI=1S/C19H25N5O3/c1-15-12-22-17(14-21-15)19(26)24(9-5-11-27-2)10-7-18(25)23-13-16-6-3-4-8-20-16/h3-4,6,8,12,14H,5,7,9-11,13H2,1-2H3,(H,23,25). The van der Waals surface area contributed by atoms with Crippen molar-refractivity contribution < 1.29 is 14.3 Å². The van der Waals surface area contributed by atoms with Crippen LogP contribution in [0.5, 0.6) is 0 Å². The molecule has 0 saturated carbocycles. The van der Waals surface area contributed by atoms with Gasteiger partial charge in [0.1, 0.15) is 5.69 Å². The van der Waals surface area contributed by atoms with Gasteiger partial charge in [0, 0.05) is 45.6 Å². The van der Waals surface area contributed by atoms with Crippen LogP contribution < -0.4 is 5.32 Å². The van der Waals surface area contributed by atoms with Crippen molar-refractivity contribution in [3.63, 3.8) is 0 Å². The summed E-state index contributed by atoms with van der Waals surface area (Å²) in [5, 5.41) is 2.82. The smallest absolute Gasteiger partial charge is 0.274 e. The largest absolute Gasteiger partial charge is 0.385 e. The maximum Gasteiger partial charge on any atom is 0.274 e. The summed E-state index contributed by atoms with van der Waals surface area (Å²) in [4.78, 5) is 38.8. The molecule has 0 aliphatic carbocycles. The van der Waals surface area contributed by atoms with Crippen molar-refractivity contribution >= 4 is 11.8 Å². The fraction of sp³-hybridized carbons (Fsp3) is 0.421. The van der Waals surface area contributed by atoms with Crippen molar-refractivity contribution in [1.82, 2.24) is 25.2 Å². The summed E-state index contributed by atoms with van der Waals surface area (Å²) in [6.07, 6.45) is 5.57. The highest BCUT2D eigenvalue weighted by Gasteiger charge is 2.18. The Morgan fingerprint density at radius 1 is 1.15 bits per heavy atom. The quantitative estimate of drug-likeness (QED) is 0.634. The van der Waals surface area contributed by atoms with Gasteiger partial charge in [0.15, 0.2) is 0 Å². The maximum atomic E-state index is 12.7. The number of carbonyl (C=O) groups excluding carboxylic acids is 2. The van der Waals surface area contributed by atoms with E-state index in [-0.39, 0.29) is 23.9 Å². The van der Waals surface area contributed by atoms with Crippen molar-refractivity contribution in [2.75, 3.05) is 26.8 Å². The number of aromatic nitrogens is 3. The molecule has 0 aliphatic heterocycles. The van der Waals surface area contributed by atoms with E-state index in [4.69, 9.17) is 4.74 Å². The van der Waals surface area contributed by atoms with E-state index in [2.05, 4.69) is 20.3 Å². The van der Waals surface area contributed by atoms with Crippen LogP contribution in [-0.4, -0.2) is 58.5 Å². The van der Waals surface area contributed by atoms with E-state index in [0.717, 1.165) is 11.4 Å². The van der Waals surface area contributed by atoms with Gasteiger partial charge >= 0.3 is 0 Å². The molecule has 0 fully saturated rings. The van der Waals surface area contributed by atoms with Gasteiger partial charge in [0.25, 0.3) is 5.91 Å². The summed E-state index contributed by atoms with van der Waals surface area (Å²) < 4.78 is 5.05. The Morgan fingerprint density at radius 3 is 2.67 bits per heavy atom. The number of amides is 2. The average molecular weight is 371 g/mol. The van der Waals surface area contributed by atoms with E-state index in [1.54, 1.807) is 24.4 Å². The molecule has 0 bridgehead atoms. The van der Waals surface area contributed by atoms with E-state index < -0.39 is 0 Å². The molecule has 8 heteroatoms. The van der Waals surface area contributed by atoms with E-state index in [9.17, 15) is 9.59 Å². The number of hydrogen-bond acceptors (Lipinski definition) is 6. The molecule has 0 aliphatic rings. The lowest BCUT2D eigenvalue weighted by Crippen LogP contribution is -2.36. The highest BCUT2D eigenvalue weighted by molar-refractivity contribution is 5.92. The van der Waals surface area contributed by atoms with Gasteiger partial charge in [-0.15, -0.1) is 0 Å². The summed E-state index contributed by atoms with van der Waals surface area (Å²) >= 11 is 0. The molecule has 2 aromatic heterocycles. The number of ether oxygens (including phenoxy) is 1. The second-order valence-corrected chi connectivity index (χ2v) is 6.03. The van der Waals surface area contributed by atoms with Crippen LogP contribution in [0.25, 0.3) is 0 Å². The molecular weight excluding hydrogens is 346 g/mol. The molecule has 0 aromatic carbocycles. The normalized spacial score (nSPS) is 10.4. The number of rotatable bonds is 10. The molecule has 0 radical (unpaired) electrons. The summed E-state index contributed by atoms with van der Waals surface area (Å²) in [5.41, 5.74) is 1.80. The number of aryl methyl sites for hydroxylation is 1. The lowest BCUT2D eigenvalue weighted by Gasteiger charge is -2.22. The van der Waals surface area contributed by atoms with Crippen molar-refractivity contribution in [2.45, 2.75) is 26.3 Å². The zero-order valence-electron chi connectivity index (χ0n) is 15.7. The minimum Gasteiger partial charge on any atom is -0.385 e. The van der Waals surface area contributed by atoms with Crippen LogP contribution in [0, 0.1) is 6.92 Å². The van der Waals surface area contributed by atoms with Crippen LogP contribution >= 0.6 is 0 Å². The molecule has 0 spiro atoms. The molecule has 144 valence electrons. The molecule has 0 atom stereocenters. The molecule has 0 unspecified atom stereocenters.